The maximum Gasteiger partial charge on any atom is 0.333 e. The molecule has 0 amide bonds. The lowest BCUT2D eigenvalue weighted by Gasteiger charge is -2.12. The van der Waals surface area contributed by atoms with Crippen molar-refractivity contribution in [1.29, 1.82) is 0 Å². The summed E-state index contributed by atoms with van der Waals surface area (Å²) >= 11 is 0. The average molecular weight is 214 g/mol. The fraction of sp³-hybridized carbons (Fsp3) is 0.500. The Morgan fingerprint density at radius 1 is 1.27 bits per heavy atom. The minimum atomic E-state index is -0.986. The minimum Gasteiger partial charge on any atom is -0.425 e. The fourth-order valence-corrected chi connectivity index (χ4v) is 0.793. The van der Waals surface area contributed by atoms with E-state index in [0.29, 0.717) is 0 Å². The standard InChI is InChI=1S/C10H14O5/c1-4-5-9(12)14-8(3)15-10(13)6-7(2)11/h4-5,8H,6H2,1-3H3/b5-4+. The molecule has 0 saturated heterocycles. The monoisotopic (exact) mass is 214 g/mol. The Morgan fingerprint density at radius 3 is 2.33 bits per heavy atom. The van der Waals surface area contributed by atoms with Crippen molar-refractivity contribution >= 4 is 17.7 Å². The van der Waals surface area contributed by atoms with Gasteiger partial charge >= 0.3 is 11.9 Å². The van der Waals surface area contributed by atoms with Crippen molar-refractivity contribution < 1.29 is 23.9 Å². The van der Waals surface area contributed by atoms with Crippen molar-refractivity contribution in [3.63, 3.8) is 0 Å². The topological polar surface area (TPSA) is 69.7 Å². The molecule has 0 N–H and O–H groups in total. The minimum absolute atomic E-state index is 0.299. The predicted octanol–water partition coefficient (Wildman–Crippen LogP) is 0.974. The molecule has 15 heavy (non-hydrogen) atoms. The maximum atomic E-state index is 11.0. The van der Waals surface area contributed by atoms with Gasteiger partial charge in [-0.3, -0.25) is 9.59 Å². The molecule has 1 atom stereocenters. The number of esters is 2. The average Bonchev–Trinajstić information content (AvgIpc) is 2.00. The van der Waals surface area contributed by atoms with Crippen LogP contribution >= 0.6 is 0 Å². The first-order chi connectivity index (χ1) is 6.95. The molecule has 0 fully saturated rings. The lowest BCUT2D eigenvalue weighted by Crippen LogP contribution is -2.21. The summed E-state index contributed by atoms with van der Waals surface area (Å²) in [4.78, 5) is 32.4. The van der Waals surface area contributed by atoms with Crippen molar-refractivity contribution in [2.75, 3.05) is 0 Å². The van der Waals surface area contributed by atoms with Crippen molar-refractivity contribution in [3.8, 4) is 0 Å². The highest BCUT2D eigenvalue weighted by molar-refractivity contribution is 5.94. The van der Waals surface area contributed by atoms with Gasteiger partial charge in [-0.05, 0) is 13.8 Å². The number of carbonyl (C=O) groups excluding carboxylic acids is 3. The summed E-state index contributed by atoms with van der Waals surface area (Å²) in [6.45, 7) is 4.34. The normalized spacial score (nSPS) is 12.2. The Balaban J connectivity index is 3.92. The van der Waals surface area contributed by atoms with Gasteiger partial charge in [0, 0.05) is 13.0 Å². The third-order valence-electron chi connectivity index (χ3n) is 1.28. The van der Waals surface area contributed by atoms with Crippen molar-refractivity contribution in [3.05, 3.63) is 12.2 Å². The Kier molecular flexibility index (Phi) is 6.01. The molecule has 0 rings (SSSR count). The summed E-state index contributed by atoms with van der Waals surface area (Å²) in [6, 6.07) is 0. The molecule has 0 aliphatic heterocycles. The van der Waals surface area contributed by atoms with Gasteiger partial charge in [-0.25, -0.2) is 4.79 Å². The van der Waals surface area contributed by atoms with Gasteiger partial charge in [-0.2, -0.15) is 0 Å². The van der Waals surface area contributed by atoms with Crippen LogP contribution in [0.25, 0.3) is 0 Å². The highest BCUT2D eigenvalue weighted by Crippen LogP contribution is 1.98. The summed E-state index contributed by atoms with van der Waals surface area (Å²) in [5.74, 6) is -1.60. The molecule has 1 unspecified atom stereocenters. The van der Waals surface area contributed by atoms with Gasteiger partial charge in [-0.1, -0.05) is 6.08 Å². The molecule has 0 saturated carbocycles. The summed E-state index contributed by atoms with van der Waals surface area (Å²) in [6.07, 6.45) is 1.41. The number of Topliss-reactive ketones (excluding diaryl/α,β-unsaturated/α-hetero) is 1. The first-order valence-electron chi connectivity index (χ1n) is 4.48. The smallest absolute Gasteiger partial charge is 0.333 e. The van der Waals surface area contributed by atoms with E-state index in [2.05, 4.69) is 9.47 Å². The van der Waals surface area contributed by atoms with E-state index < -0.39 is 18.2 Å². The lowest BCUT2D eigenvalue weighted by molar-refractivity contribution is -0.180. The molecule has 0 radical (unpaired) electrons. The number of hydrogen-bond acceptors (Lipinski definition) is 5. The highest BCUT2D eigenvalue weighted by Gasteiger charge is 2.13. The number of rotatable bonds is 5. The van der Waals surface area contributed by atoms with Gasteiger partial charge in [-0.15, -0.1) is 0 Å². The number of ketones is 1. The number of allylic oxidation sites excluding steroid dienone is 1. The van der Waals surface area contributed by atoms with Gasteiger partial charge in [0.1, 0.15) is 12.2 Å². The van der Waals surface area contributed by atoms with E-state index in [1.807, 2.05) is 0 Å². The maximum absolute atomic E-state index is 11.0. The fourth-order valence-electron chi connectivity index (χ4n) is 0.793. The van der Waals surface area contributed by atoms with Gasteiger partial charge in [0.05, 0.1) is 0 Å². The van der Waals surface area contributed by atoms with E-state index in [1.165, 1.54) is 26.0 Å². The van der Waals surface area contributed by atoms with Crippen molar-refractivity contribution in [2.24, 2.45) is 0 Å². The van der Waals surface area contributed by atoms with E-state index in [1.54, 1.807) is 6.92 Å². The Labute approximate surface area is 88.0 Å². The third kappa shape index (κ3) is 7.42. The predicted molar refractivity (Wildman–Crippen MR) is 51.8 cm³/mol. The molecule has 0 aromatic carbocycles. The molecule has 0 aromatic rings. The van der Waals surface area contributed by atoms with E-state index in [0.717, 1.165) is 0 Å². The van der Waals surface area contributed by atoms with Crippen LogP contribution in [-0.2, 0) is 23.9 Å². The summed E-state index contributed by atoms with van der Waals surface area (Å²) in [5, 5.41) is 0. The Morgan fingerprint density at radius 2 is 1.87 bits per heavy atom. The Bertz CT molecular complexity index is 280. The first-order valence-corrected chi connectivity index (χ1v) is 4.48. The molecule has 0 heterocycles. The van der Waals surface area contributed by atoms with Gasteiger partial charge in [0.2, 0.25) is 6.29 Å². The van der Waals surface area contributed by atoms with Crippen LogP contribution in [-0.4, -0.2) is 24.0 Å². The zero-order valence-corrected chi connectivity index (χ0v) is 8.98. The van der Waals surface area contributed by atoms with Crippen molar-refractivity contribution in [1.82, 2.24) is 0 Å². The molecule has 0 aromatic heterocycles. The third-order valence-corrected chi connectivity index (χ3v) is 1.28. The number of hydrogen-bond donors (Lipinski definition) is 0. The first kappa shape index (κ1) is 13.4. The zero-order valence-electron chi connectivity index (χ0n) is 8.98. The second kappa shape index (κ2) is 6.75. The summed E-state index contributed by atoms with van der Waals surface area (Å²) in [5.41, 5.74) is 0. The zero-order chi connectivity index (χ0) is 11.8. The van der Waals surface area contributed by atoms with E-state index in [9.17, 15) is 14.4 Å². The van der Waals surface area contributed by atoms with Crippen LogP contribution in [0.1, 0.15) is 27.2 Å². The van der Waals surface area contributed by atoms with Crippen LogP contribution in [0, 0.1) is 0 Å². The van der Waals surface area contributed by atoms with Crippen LogP contribution in [0.5, 0.6) is 0 Å². The van der Waals surface area contributed by atoms with Gasteiger partial charge < -0.3 is 9.47 Å². The second-order valence-electron chi connectivity index (χ2n) is 2.87. The molecule has 0 aliphatic carbocycles. The second-order valence-corrected chi connectivity index (χ2v) is 2.87. The van der Waals surface area contributed by atoms with Crippen LogP contribution in [0.3, 0.4) is 0 Å². The molecule has 5 heteroatoms. The quantitative estimate of drug-likeness (QED) is 0.295. The van der Waals surface area contributed by atoms with E-state index >= 15 is 0 Å². The SMILES string of the molecule is C/C=C/C(=O)OC(C)OC(=O)CC(C)=O. The molecule has 0 aliphatic rings. The van der Waals surface area contributed by atoms with E-state index in [4.69, 9.17) is 0 Å². The molecule has 84 valence electrons. The van der Waals surface area contributed by atoms with Crippen LogP contribution in [0.15, 0.2) is 12.2 Å². The highest BCUT2D eigenvalue weighted by atomic mass is 16.7. The Hall–Kier alpha value is -1.65. The largest absolute Gasteiger partial charge is 0.425 e. The van der Waals surface area contributed by atoms with Gasteiger partial charge in [0.25, 0.3) is 0 Å². The van der Waals surface area contributed by atoms with Gasteiger partial charge in [0.15, 0.2) is 0 Å². The molecule has 5 nitrogen and oxygen atoms in total. The molecule has 0 spiro atoms. The van der Waals surface area contributed by atoms with Crippen molar-refractivity contribution in [2.45, 2.75) is 33.5 Å². The lowest BCUT2D eigenvalue weighted by atomic mass is 10.3. The molecule has 0 bridgehead atoms. The number of ether oxygens (including phenoxy) is 2. The summed E-state index contributed by atoms with van der Waals surface area (Å²) in [7, 11) is 0. The van der Waals surface area contributed by atoms with Crippen LogP contribution in [0.2, 0.25) is 0 Å². The number of carbonyl (C=O) groups is 3. The van der Waals surface area contributed by atoms with Crippen LogP contribution in [0.4, 0.5) is 0 Å². The molecular formula is C10H14O5. The summed E-state index contributed by atoms with van der Waals surface area (Å²) < 4.78 is 9.30. The van der Waals surface area contributed by atoms with E-state index in [-0.39, 0.29) is 12.2 Å². The molecular weight excluding hydrogens is 200 g/mol. The van der Waals surface area contributed by atoms with Crippen LogP contribution < -0.4 is 0 Å².